The number of amides is 1. The van der Waals surface area contributed by atoms with Gasteiger partial charge in [-0.3, -0.25) is 4.79 Å². The topological polar surface area (TPSA) is 72.2 Å². The van der Waals surface area contributed by atoms with Gasteiger partial charge in [-0.15, -0.1) is 10.2 Å². The zero-order valence-electron chi connectivity index (χ0n) is 13.2. The van der Waals surface area contributed by atoms with Crippen LogP contribution in [0.2, 0.25) is 0 Å². The third-order valence-corrected chi connectivity index (χ3v) is 3.77. The zero-order valence-corrected chi connectivity index (χ0v) is 13.2. The minimum atomic E-state index is -0.918. The molecule has 2 heterocycles. The quantitative estimate of drug-likeness (QED) is 0.615. The molecule has 4 rings (SSSR count). The number of fused-ring (bicyclic) bond motifs is 1. The van der Waals surface area contributed by atoms with Crippen molar-refractivity contribution in [2.24, 2.45) is 0 Å². The second kappa shape index (κ2) is 6.32. The van der Waals surface area contributed by atoms with Crippen molar-refractivity contribution >= 4 is 17.2 Å². The fraction of sp³-hybridized carbons (Fsp3) is 0. The number of benzene rings is 2. The SMILES string of the molecule is O=C(Nc1cccc(-c2ccc3nncn3n2)c1)c1c(F)cccc1F. The highest BCUT2D eigenvalue weighted by Crippen LogP contribution is 2.22. The van der Waals surface area contributed by atoms with Gasteiger partial charge in [0.05, 0.1) is 5.69 Å². The average molecular weight is 351 g/mol. The molecule has 0 spiro atoms. The molecule has 0 aliphatic carbocycles. The van der Waals surface area contributed by atoms with Crippen molar-refractivity contribution in [3.8, 4) is 11.3 Å². The van der Waals surface area contributed by atoms with E-state index in [1.807, 2.05) is 0 Å². The van der Waals surface area contributed by atoms with Crippen molar-refractivity contribution in [2.45, 2.75) is 0 Å². The van der Waals surface area contributed by atoms with E-state index in [1.165, 1.54) is 16.9 Å². The van der Waals surface area contributed by atoms with Crippen molar-refractivity contribution in [1.82, 2.24) is 19.8 Å². The number of halogens is 2. The Kier molecular flexibility index (Phi) is 3.85. The second-order valence-electron chi connectivity index (χ2n) is 5.48. The van der Waals surface area contributed by atoms with Crippen LogP contribution in [0, 0.1) is 11.6 Å². The highest BCUT2D eigenvalue weighted by molar-refractivity contribution is 6.04. The van der Waals surface area contributed by atoms with E-state index >= 15 is 0 Å². The van der Waals surface area contributed by atoms with Gasteiger partial charge in [0.15, 0.2) is 5.65 Å². The Labute approximate surface area is 146 Å². The molecule has 1 amide bonds. The van der Waals surface area contributed by atoms with E-state index < -0.39 is 23.1 Å². The van der Waals surface area contributed by atoms with Crippen LogP contribution < -0.4 is 5.32 Å². The standard InChI is InChI=1S/C18H11F2N5O/c19-13-5-2-6-14(20)17(13)18(26)22-12-4-1-3-11(9-12)15-7-8-16-23-21-10-25(16)24-15/h1-10H,(H,22,26). The predicted molar refractivity (Wildman–Crippen MR) is 90.5 cm³/mol. The number of anilines is 1. The number of rotatable bonds is 3. The molecular formula is C18H11F2N5O. The first-order chi connectivity index (χ1) is 12.6. The predicted octanol–water partition coefficient (Wildman–Crippen LogP) is 3.32. The molecule has 6 nitrogen and oxygen atoms in total. The molecular weight excluding hydrogens is 340 g/mol. The van der Waals surface area contributed by atoms with Gasteiger partial charge in [0, 0.05) is 11.3 Å². The number of carbonyl (C=O) groups excluding carboxylic acids is 1. The summed E-state index contributed by atoms with van der Waals surface area (Å²) in [5, 5.41) is 14.5. The fourth-order valence-corrected chi connectivity index (χ4v) is 2.55. The summed E-state index contributed by atoms with van der Waals surface area (Å²) in [5.41, 5.74) is 1.72. The molecule has 128 valence electrons. The van der Waals surface area contributed by atoms with Crippen LogP contribution in [-0.2, 0) is 0 Å². The first-order valence-electron chi connectivity index (χ1n) is 7.65. The molecule has 0 atom stereocenters. The lowest BCUT2D eigenvalue weighted by atomic mass is 10.1. The number of nitrogens with one attached hydrogen (secondary N) is 1. The number of aromatic nitrogens is 4. The van der Waals surface area contributed by atoms with Crippen molar-refractivity contribution < 1.29 is 13.6 Å². The van der Waals surface area contributed by atoms with Gasteiger partial charge in [0.25, 0.3) is 5.91 Å². The molecule has 0 saturated heterocycles. The summed E-state index contributed by atoms with van der Waals surface area (Å²) >= 11 is 0. The second-order valence-corrected chi connectivity index (χ2v) is 5.48. The molecule has 2 aromatic carbocycles. The molecule has 0 bridgehead atoms. The van der Waals surface area contributed by atoms with Gasteiger partial charge in [0.1, 0.15) is 23.5 Å². The Bertz CT molecular complexity index is 1110. The van der Waals surface area contributed by atoms with E-state index in [1.54, 1.807) is 36.4 Å². The lowest BCUT2D eigenvalue weighted by Gasteiger charge is -2.09. The van der Waals surface area contributed by atoms with Crippen LogP contribution in [0.25, 0.3) is 16.9 Å². The Hall–Kier alpha value is -3.68. The van der Waals surface area contributed by atoms with Gasteiger partial charge in [-0.25, -0.2) is 8.78 Å². The Morgan fingerprint density at radius 2 is 1.77 bits per heavy atom. The van der Waals surface area contributed by atoms with Crippen molar-refractivity contribution in [3.63, 3.8) is 0 Å². The smallest absolute Gasteiger partial charge is 0.261 e. The first-order valence-corrected chi connectivity index (χ1v) is 7.65. The van der Waals surface area contributed by atoms with E-state index in [2.05, 4.69) is 20.6 Å². The van der Waals surface area contributed by atoms with Gasteiger partial charge < -0.3 is 5.32 Å². The normalized spacial score (nSPS) is 10.8. The third-order valence-electron chi connectivity index (χ3n) is 3.77. The third kappa shape index (κ3) is 2.88. The van der Waals surface area contributed by atoms with Crippen molar-refractivity contribution in [3.05, 3.63) is 78.1 Å². The van der Waals surface area contributed by atoms with Gasteiger partial charge in [-0.1, -0.05) is 18.2 Å². The summed E-state index contributed by atoms with van der Waals surface area (Å²) in [6.07, 6.45) is 1.48. The largest absolute Gasteiger partial charge is 0.322 e. The number of hydrogen-bond donors (Lipinski definition) is 1. The summed E-state index contributed by atoms with van der Waals surface area (Å²) in [7, 11) is 0. The summed E-state index contributed by atoms with van der Waals surface area (Å²) in [5.74, 6) is -2.70. The molecule has 1 N–H and O–H groups in total. The molecule has 0 aliphatic rings. The maximum atomic E-state index is 13.7. The van der Waals surface area contributed by atoms with Crippen LogP contribution in [0.4, 0.5) is 14.5 Å². The maximum Gasteiger partial charge on any atom is 0.261 e. The molecule has 0 fully saturated rings. The van der Waals surface area contributed by atoms with Crippen LogP contribution >= 0.6 is 0 Å². The van der Waals surface area contributed by atoms with Gasteiger partial charge >= 0.3 is 0 Å². The molecule has 0 saturated carbocycles. The van der Waals surface area contributed by atoms with E-state index in [9.17, 15) is 13.6 Å². The highest BCUT2D eigenvalue weighted by atomic mass is 19.1. The van der Waals surface area contributed by atoms with E-state index in [0.29, 0.717) is 22.6 Å². The van der Waals surface area contributed by atoms with E-state index in [-0.39, 0.29) is 0 Å². The summed E-state index contributed by atoms with van der Waals surface area (Å²) in [6.45, 7) is 0. The number of hydrogen-bond acceptors (Lipinski definition) is 4. The summed E-state index contributed by atoms with van der Waals surface area (Å²) < 4.78 is 29.0. The van der Waals surface area contributed by atoms with Crippen LogP contribution in [0.3, 0.4) is 0 Å². The van der Waals surface area contributed by atoms with Crippen LogP contribution in [0.5, 0.6) is 0 Å². The Balaban J connectivity index is 1.64. The molecule has 0 aliphatic heterocycles. The molecule has 2 aromatic heterocycles. The zero-order chi connectivity index (χ0) is 18.1. The van der Waals surface area contributed by atoms with Gasteiger partial charge in [0.2, 0.25) is 0 Å². The van der Waals surface area contributed by atoms with Crippen molar-refractivity contribution in [1.29, 1.82) is 0 Å². The minimum Gasteiger partial charge on any atom is -0.322 e. The van der Waals surface area contributed by atoms with Crippen LogP contribution in [0.1, 0.15) is 10.4 Å². The van der Waals surface area contributed by atoms with Crippen LogP contribution in [0.15, 0.2) is 60.9 Å². The number of carbonyl (C=O) groups is 1. The highest BCUT2D eigenvalue weighted by Gasteiger charge is 2.17. The van der Waals surface area contributed by atoms with Gasteiger partial charge in [-0.2, -0.15) is 9.61 Å². The molecule has 26 heavy (non-hydrogen) atoms. The van der Waals surface area contributed by atoms with Gasteiger partial charge in [-0.05, 0) is 36.4 Å². The Morgan fingerprint density at radius 3 is 2.58 bits per heavy atom. The monoisotopic (exact) mass is 351 g/mol. The van der Waals surface area contributed by atoms with E-state index in [4.69, 9.17) is 0 Å². The maximum absolute atomic E-state index is 13.7. The lowest BCUT2D eigenvalue weighted by Crippen LogP contribution is -2.15. The molecule has 0 unspecified atom stereocenters. The number of nitrogens with zero attached hydrogens (tertiary/aromatic N) is 4. The molecule has 0 radical (unpaired) electrons. The first kappa shape index (κ1) is 15.8. The Morgan fingerprint density at radius 1 is 1.00 bits per heavy atom. The average Bonchev–Trinajstić information content (AvgIpc) is 3.09. The molecule has 8 heteroatoms. The fourth-order valence-electron chi connectivity index (χ4n) is 2.55. The summed E-state index contributed by atoms with van der Waals surface area (Å²) in [6, 6.07) is 13.6. The lowest BCUT2D eigenvalue weighted by molar-refractivity contribution is 0.101. The minimum absolute atomic E-state index is 0.390. The van der Waals surface area contributed by atoms with Crippen molar-refractivity contribution in [2.75, 3.05) is 5.32 Å². The van der Waals surface area contributed by atoms with Crippen LogP contribution in [-0.4, -0.2) is 25.7 Å². The molecule has 4 aromatic rings. The van der Waals surface area contributed by atoms with E-state index in [0.717, 1.165) is 12.1 Å². The summed E-state index contributed by atoms with van der Waals surface area (Å²) in [4.78, 5) is 12.2.